The first-order valence-corrected chi connectivity index (χ1v) is 7.99. The van der Waals surface area contributed by atoms with Crippen LogP contribution in [-0.4, -0.2) is 23.6 Å². The van der Waals surface area contributed by atoms with Gasteiger partial charge in [-0.25, -0.2) is 0 Å². The topological polar surface area (TPSA) is 67.0 Å². The van der Waals surface area contributed by atoms with Crippen molar-refractivity contribution < 1.29 is 9.53 Å². The molecule has 0 bridgehead atoms. The molecule has 1 amide bonds. The molecule has 0 saturated heterocycles. The van der Waals surface area contributed by atoms with E-state index in [4.69, 9.17) is 33.2 Å². The van der Waals surface area contributed by atoms with Crippen molar-refractivity contribution in [2.45, 2.75) is 19.3 Å². The first-order chi connectivity index (χ1) is 11.0. The molecule has 1 aromatic heterocycles. The highest BCUT2D eigenvalue weighted by atomic mass is 35.5. The van der Waals surface area contributed by atoms with E-state index in [1.807, 2.05) is 24.6 Å². The second kappa shape index (κ2) is 5.95. The number of aryl methyl sites for hydroxylation is 1. The number of carbonyl (C=O) groups is 1. The number of hydrogen-bond acceptors (Lipinski definition) is 3. The van der Waals surface area contributed by atoms with E-state index in [0.29, 0.717) is 28.8 Å². The van der Waals surface area contributed by atoms with Crippen LogP contribution in [-0.2, 0) is 18.3 Å². The lowest BCUT2D eigenvalue weighted by atomic mass is 9.96. The Kier molecular flexibility index (Phi) is 4.13. The summed E-state index contributed by atoms with van der Waals surface area (Å²) in [5, 5.41) is 13.3. The van der Waals surface area contributed by atoms with Crippen molar-refractivity contribution in [3.63, 3.8) is 0 Å². The van der Waals surface area contributed by atoms with Crippen molar-refractivity contribution in [1.29, 1.82) is 5.26 Å². The van der Waals surface area contributed by atoms with E-state index in [9.17, 15) is 4.79 Å². The van der Waals surface area contributed by atoms with Gasteiger partial charge in [0.1, 0.15) is 11.8 Å². The molecule has 7 heteroatoms. The van der Waals surface area contributed by atoms with Crippen LogP contribution in [0.15, 0.2) is 6.07 Å². The summed E-state index contributed by atoms with van der Waals surface area (Å²) in [6.45, 7) is 2.33. The zero-order valence-corrected chi connectivity index (χ0v) is 14.3. The van der Waals surface area contributed by atoms with Crippen LogP contribution in [0.3, 0.4) is 0 Å². The van der Waals surface area contributed by atoms with E-state index in [0.717, 1.165) is 22.2 Å². The van der Waals surface area contributed by atoms with Gasteiger partial charge in [-0.3, -0.25) is 4.79 Å². The molecule has 0 saturated carbocycles. The summed E-state index contributed by atoms with van der Waals surface area (Å²) in [6, 6.07) is 3.56. The third-order valence-corrected chi connectivity index (χ3v) is 5.04. The maximum atomic E-state index is 12.2. The SMILES string of the molecule is CC1C(=O)NCCc2c1c1c(OCC#N)cc(Cl)c(Cl)c1n2C. The van der Waals surface area contributed by atoms with Crippen molar-refractivity contribution in [2.75, 3.05) is 13.2 Å². The van der Waals surface area contributed by atoms with Crippen LogP contribution in [0.2, 0.25) is 10.0 Å². The number of aromatic nitrogens is 1. The van der Waals surface area contributed by atoms with Crippen LogP contribution in [0, 0.1) is 11.3 Å². The molecule has 0 radical (unpaired) electrons. The largest absolute Gasteiger partial charge is 0.478 e. The number of ether oxygens (including phenoxy) is 1. The molecule has 0 fully saturated rings. The van der Waals surface area contributed by atoms with Gasteiger partial charge in [0, 0.05) is 37.2 Å². The van der Waals surface area contributed by atoms with E-state index >= 15 is 0 Å². The first kappa shape index (κ1) is 16.0. The number of benzene rings is 1. The maximum absolute atomic E-state index is 12.2. The third kappa shape index (κ3) is 2.43. The Bertz CT molecular complexity index is 852. The first-order valence-electron chi connectivity index (χ1n) is 7.24. The van der Waals surface area contributed by atoms with Crippen LogP contribution in [0.1, 0.15) is 24.1 Å². The molecule has 120 valence electrons. The van der Waals surface area contributed by atoms with Crippen molar-refractivity contribution in [3.8, 4) is 11.8 Å². The fraction of sp³-hybridized carbons (Fsp3) is 0.375. The van der Waals surface area contributed by atoms with Crippen molar-refractivity contribution in [1.82, 2.24) is 9.88 Å². The number of nitrogens with one attached hydrogen (secondary N) is 1. The zero-order valence-electron chi connectivity index (χ0n) is 12.7. The van der Waals surface area contributed by atoms with Crippen LogP contribution < -0.4 is 10.1 Å². The molecular weight excluding hydrogens is 337 g/mol. The molecule has 0 aliphatic carbocycles. The van der Waals surface area contributed by atoms with Crippen LogP contribution in [0.25, 0.3) is 10.9 Å². The Hall–Kier alpha value is -1.90. The number of hydrogen-bond donors (Lipinski definition) is 1. The molecule has 23 heavy (non-hydrogen) atoms. The maximum Gasteiger partial charge on any atom is 0.227 e. The summed E-state index contributed by atoms with van der Waals surface area (Å²) >= 11 is 12.6. The molecule has 1 unspecified atom stereocenters. The Morgan fingerprint density at radius 2 is 2.26 bits per heavy atom. The fourth-order valence-corrected chi connectivity index (χ4v) is 3.67. The lowest BCUT2D eigenvalue weighted by Crippen LogP contribution is -2.26. The zero-order chi connectivity index (χ0) is 16.7. The van der Waals surface area contributed by atoms with Gasteiger partial charge in [-0.05, 0) is 12.5 Å². The Labute approximate surface area is 143 Å². The molecule has 1 aliphatic rings. The molecule has 3 rings (SSSR count). The predicted octanol–water partition coefficient (Wildman–Crippen LogP) is 3.16. The van der Waals surface area contributed by atoms with Crippen molar-refractivity contribution in [3.05, 3.63) is 27.4 Å². The lowest BCUT2D eigenvalue weighted by Gasteiger charge is -2.12. The summed E-state index contributed by atoms with van der Waals surface area (Å²) in [5.41, 5.74) is 2.65. The van der Waals surface area contributed by atoms with E-state index in [1.165, 1.54) is 0 Å². The number of halogens is 2. The van der Waals surface area contributed by atoms with Crippen molar-refractivity contribution in [2.24, 2.45) is 7.05 Å². The predicted molar refractivity (Wildman–Crippen MR) is 89.2 cm³/mol. The smallest absolute Gasteiger partial charge is 0.227 e. The second-order valence-corrected chi connectivity index (χ2v) is 6.31. The highest BCUT2D eigenvalue weighted by molar-refractivity contribution is 6.45. The van der Waals surface area contributed by atoms with E-state index in [2.05, 4.69) is 5.32 Å². The minimum absolute atomic E-state index is 0.0337. The monoisotopic (exact) mass is 351 g/mol. The van der Waals surface area contributed by atoms with E-state index in [1.54, 1.807) is 6.07 Å². The molecule has 0 spiro atoms. The van der Waals surface area contributed by atoms with Gasteiger partial charge in [0.25, 0.3) is 0 Å². The quantitative estimate of drug-likeness (QED) is 0.903. The fourth-order valence-electron chi connectivity index (χ4n) is 3.21. The van der Waals surface area contributed by atoms with Gasteiger partial charge in [0.15, 0.2) is 6.61 Å². The highest BCUT2D eigenvalue weighted by Gasteiger charge is 2.30. The average molecular weight is 352 g/mol. The molecule has 1 atom stereocenters. The highest BCUT2D eigenvalue weighted by Crippen LogP contribution is 2.44. The molecule has 5 nitrogen and oxygen atoms in total. The summed E-state index contributed by atoms with van der Waals surface area (Å²) in [7, 11) is 1.90. The minimum Gasteiger partial charge on any atom is -0.478 e. The normalized spacial score (nSPS) is 17.3. The van der Waals surface area contributed by atoms with Gasteiger partial charge >= 0.3 is 0 Å². The molecular formula is C16H15Cl2N3O2. The Morgan fingerprint density at radius 1 is 1.52 bits per heavy atom. The lowest BCUT2D eigenvalue weighted by molar-refractivity contribution is -0.121. The standard InChI is InChI=1S/C16H15Cl2N3O2/c1-8-12-10(3-5-20-16(8)22)21(2)15-13(12)11(23-6-4-19)7-9(17)14(15)18/h7-8H,3,5-6H2,1-2H3,(H,20,22). The average Bonchev–Trinajstić information content (AvgIpc) is 2.73. The number of amides is 1. The van der Waals surface area contributed by atoms with Gasteiger partial charge in [0.05, 0.1) is 21.5 Å². The minimum atomic E-state index is -0.335. The summed E-state index contributed by atoms with van der Waals surface area (Å²) in [4.78, 5) is 12.2. The molecule has 2 heterocycles. The second-order valence-electron chi connectivity index (χ2n) is 5.52. The number of nitrogens with zero attached hydrogens (tertiary/aromatic N) is 2. The van der Waals surface area contributed by atoms with Crippen molar-refractivity contribution >= 4 is 40.0 Å². The van der Waals surface area contributed by atoms with Crippen LogP contribution in [0.5, 0.6) is 5.75 Å². The van der Waals surface area contributed by atoms with E-state index in [-0.39, 0.29) is 18.4 Å². The summed E-state index contributed by atoms with van der Waals surface area (Å²) in [5.74, 6) is 0.112. The number of fused-ring (bicyclic) bond motifs is 3. The Balaban J connectivity index is 2.40. The van der Waals surface area contributed by atoms with Gasteiger partial charge in [-0.15, -0.1) is 0 Å². The van der Waals surface area contributed by atoms with Crippen LogP contribution >= 0.6 is 23.2 Å². The summed E-state index contributed by atoms with van der Waals surface area (Å²) in [6.07, 6.45) is 0.697. The number of rotatable bonds is 2. The molecule has 1 N–H and O–H groups in total. The number of carbonyl (C=O) groups excluding carboxylic acids is 1. The van der Waals surface area contributed by atoms with Crippen LogP contribution in [0.4, 0.5) is 0 Å². The third-order valence-electron chi connectivity index (χ3n) is 4.26. The van der Waals surface area contributed by atoms with E-state index < -0.39 is 0 Å². The molecule has 2 aromatic rings. The van der Waals surface area contributed by atoms with Gasteiger partial charge < -0.3 is 14.6 Å². The Morgan fingerprint density at radius 3 is 2.96 bits per heavy atom. The van der Waals surface area contributed by atoms with Gasteiger partial charge in [-0.1, -0.05) is 23.2 Å². The molecule has 1 aliphatic heterocycles. The summed E-state index contributed by atoms with van der Waals surface area (Å²) < 4.78 is 7.53. The van der Waals surface area contributed by atoms with Gasteiger partial charge in [-0.2, -0.15) is 5.26 Å². The number of nitriles is 1. The van der Waals surface area contributed by atoms with Gasteiger partial charge in [0.2, 0.25) is 5.91 Å². The molecule has 1 aromatic carbocycles.